The quantitative estimate of drug-likeness (QED) is 0.650. The summed E-state index contributed by atoms with van der Waals surface area (Å²) in [4.78, 5) is 21.4. The van der Waals surface area contributed by atoms with Crippen molar-refractivity contribution in [3.8, 4) is 5.82 Å². The lowest BCUT2D eigenvalue weighted by atomic mass is 10.1. The number of nitrogens with one attached hydrogen (secondary N) is 1. The van der Waals surface area contributed by atoms with Crippen molar-refractivity contribution in [2.75, 3.05) is 12.3 Å². The van der Waals surface area contributed by atoms with Crippen LogP contribution in [0.4, 0.5) is 0 Å². The smallest absolute Gasteiger partial charge is 0.230 e. The number of amides is 1. The molecule has 6 nitrogen and oxygen atoms in total. The Morgan fingerprint density at radius 1 is 1.15 bits per heavy atom. The van der Waals surface area contributed by atoms with E-state index in [1.54, 1.807) is 18.6 Å². The first kappa shape index (κ1) is 18.1. The Labute approximate surface area is 157 Å². The molecule has 0 aliphatic heterocycles. The second-order valence-electron chi connectivity index (χ2n) is 5.82. The molecule has 0 spiro atoms. The number of thioether (sulfide) groups is 1. The third-order valence-electron chi connectivity index (χ3n) is 4.02. The fourth-order valence-electron chi connectivity index (χ4n) is 2.70. The van der Waals surface area contributed by atoms with E-state index in [1.807, 2.05) is 48.9 Å². The topological polar surface area (TPSA) is 72.7 Å². The van der Waals surface area contributed by atoms with Crippen LogP contribution in [0.5, 0.6) is 0 Å². The highest BCUT2D eigenvalue weighted by atomic mass is 32.2. The molecule has 3 aromatic heterocycles. The molecule has 0 fully saturated rings. The lowest BCUT2D eigenvalue weighted by Crippen LogP contribution is -2.27. The van der Waals surface area contributed by atoms with Gasteiger partial charge in [-0.2, -0.15) is 5.10 Å². The van der Waals surface area contributed by atoms with Gasteiger partial charge in [0.05, 0.1) is 11.4 Å². The zero-order chi connectivity index (χ0) is 18.4. The van der Waals surface area contributed by atoms with Crippen molar-refractivity contribution in [2.24, 2.45) is 0 Å². The van der Waals surface area contributed by atoms with Gasteiger partial charge in [0.25, 0.3) is 0 Å². The van der Waals surface area contributed by atoms with E-state index in [0.717, 1.165) is 34.1 Å². The first-order valence-electron chi connectivity index (χ1n) is 8.41. The number of hydrogen-bond acceptors (Lipinski definition) is 5. The summed E-state index contributed by atoms with van der Waals surface area (Å²) in [7, 11) is 0. The molecule has 1 N–H and O–H groups in total. The molecular weight excluding hydrogens is 346 g/mol. The molecule has 0 saturated heterocycles. The van der Waals surface area contributed by atoms with Gasteiger partial charge in [0, 0.05) is 35.7 Å². The van der Waals surface area contributed by atoms with Gasteiger partial charge in [-0.3, -0.25) is 9.78 Å². The van der Waals surface area contributed by atoms with Crippen molar-refractivity contribution in [1.82, 2.24) is 25.1 Å². The number of pyridine rings is 2. The molecule has 0 radical (unpaired) electrons. The van der Waals surface area contributed by atoms with Crippen molar-refractivity contribution in [2.45, 2.75) is 25.2 Å². The number of rotatable bonds is 7. The molecule has 0 aliphatic carbocycles. The van der Waals surface area contributed by atoms with Crippen LogP contribution in [-0.4, -0.2) is 38.0 Å². The van der Waals surface area contributed by atoms with E-state index in [2.05, 4.69) is 20.4 Å². The highest BCUT2D eigenvalue weighted by Crippen LogP contribution is 2.17. The maximum atomic E-state index is 12.0. The average Bonchev–Trinajstić information content (AvgIpc) is 2.96. The molecule has 26 heavy (non-hydrogen) atoms. The first-order valence-corrected chi connectivity index (χ1v) is 9.39. The minimum Gasteiger partial charge on any atom is -0.355 e. The van der Waals surface area contributed by atoms with E-state index >= 15 is 0 Å². The minimum absolute atomic E-state index is 0.0271. The van der Waals surface area contributed by atoms with Crippen molar-refractivity contribution in [3.05, 3.63) is 65.9 Å². The van der Waals surface area contributed by atoms with E-state index in [1.165, 1.54) is 11.8 Å². The lowest BCUT2D eigenvalue weighted by molar-refractivity contribution is -0.118. The molecular formula is C19H21N5OS. The van der Waals surface area contributed by atoms with Crippen molar-refractivity contribution >= 4 is 17.7 Å². The normalized spacial score (nSPS) is 10.7. The summed E-state index contributed by atoms with van der Waals surface area (Å²) in [6.45, 7) is 4.61. The van der Waals surface area contributed by atoms with Gasteiger partial charge in [-0.05, 0) is 50.1 Å². The summed E-state index contributed by atoms with van der Waals surface area (Å²) in [6.07, 6.45) is 5.96. The van der Waals surface area contributed by atoms with Crippen LogP contribution in [0.2, 0.25) is 0 Å². The Kier molecular flexibility index (Phi) is 6.01. The van der Waals surface area contributed by atoms with Gasteiger partial charge in [-0.1, -0.05) is 6.07 Å². The molecule has 0 aliphatic rings. The number of nitrogens with zero attached hydrogens (tertiary/aromatic N) is 4. The summed E-state index contributed by atoms with van der Waals surface area (Å²) in [6, 6.07) is 9.56. The molecule has 3 heterocycles. The molecule has 0 unspecified atom stereocenters. The predicted molar refractivity (Wildman–Crippen MR) is 103 cm³/mol. The minimum atomic E-state index is 0.0271. The highest BCUT2D eigenvalue weighted by Gasteiger charge is 2.13. The van der Waals surface area contributed by atoms with Crippen LogP contribution in [0.3, 0.4) is 0 Å². The second kappa shape index (κ2) is 8.62. The van der Waals surface area contributed by atoms with E-state index in [0.29, 0.717) is 12.3 Å². The molecule has 0 saturated carbocycles. The van der Waals surface area contributed by atoms with Crippen LogP contribution in [0.1, 0.15) is 17.0 Å². The second-order valence-corrected chi connectivity index (χ2v) is 6.87. The Morgan fingerprint density at radius 3 is 2.69 bits per heavy atom. The van der Waals surface area contributed by atoms with Crippen molar-refractivity contribution in [3.63, 3.8) is 0 Å². The molecule has 7 heteroatoms. The average molecular weight is 367 g/mol. The van der Waals surface area contributed by atoms with Crippen LogP contribution < -0.4 is 5.32 Å². The highest BCUT2D eigenvalue weighted by molar-refractivity contribution is 8.00. The Hall–Kier alpha value is -2.67. The van der Waals surface area contributed by atoms with Gasteiger partial charge < -0.3 is 5.32 Å². The Bertz CT molecular complexity index is 864. The van der Waals surface area contributed by atoms with Crippen molar-refractivity contribution < 1.29 is 4.79 Å². The summed E-state index contributed by atoms with van der Waals surface area (Å²) >= 11 is 1.51. The van der Waals surface area contributed by atoms with E-state index in [-0.39, 0.29) is 5.91 Å². The number of aromatic nitrogens is 4. The molecule has 0 bridgehead atoms. The zero-order valence-corrected chi connectivity index (χ0v) is 15.7. The summed E-state index contributed by atoms with van der Waals surface area (Å²) in [5.74, 6) is 1.23. The van der Waals surface area contributed by atoms with Gasteiger partial charge in [0.15, 0.2) is 5.82 Å². The van der Waals surface area contributed by atoms with E-state index in [4.69, 9.17) is 0 Å². The van der Waals surface area contributed by atoms with Gasteiger partial charge in [-0.15, -0.1) is 11.8 Å². The molecule has 1 amide bonds. The SMILES string of the molecule is Cc1nn(-c2ccccn2)c(C)c1CCNC(=O)CSc1ccncc1. The fourth-order valence-corrected chi connectivity index (χ4v) is 3.41. The number of carbonyl (C=O) groups is 1. The lowest BCUT2D eigenvalue weighted by Gasteiger charge is -2.06. The maximum absolute atomic E-state index is 12.0. The predicted octanol–water partition coefficient (Wildman–Crippen LogP) is 2.73. The van der Waals surface area contributed by atoms with Crippen LogP contribution in [-0.2, 0) is 11.2 Å². The first-order chi connectivity index (χ1) is 12.6. The van der Waals surface area contributed by atoms with Gasteiger partial charge in [0.1, 0.15) is 0 Å². The molecule has 3 rings (SSSR count). The maximum Gasteiger partial charge on any atom is 0.230 e. The standard InChI is InChI=1S/C19H21N5OS/c1-14-17(15(2)24(23-14)18-5-3-4-9-21-18)8-12-22-19(25)13-26-16-6-10-20-11-7-16/h3-7,9-11H,8,12-13H2,1-2H3,(H,22,25). The number of aryl methyl sites for hydroxylation is 1. The zero-order valence-electron chi connectivity index (χ0n) is 14.8. The van der Waals surface area contributed by atoms with Crippen LogP contribution in [0.25, 0.3) is 5.82 Å². The monoisotopic (exact) mass is 367 g/mol. The van der Waals surface area contributed by atoms with Crippen LogP contribution >= 0.6 is 11.8 Å². The molecule has 0 aromatic carbocycles. The molecule has 3 aromatic rings. The summed E-state index contributed by atoms with van der Waals surface area (Å²) in [5.41, 5.74) is 3.17. The Balaban J connectivity index is 1.53. The fraction of sp³-hybridized carbons (Fsp3) is 0.263. The van der Waals surface area contributed by atoms with Gasteiger partial charge in [0.2, 0.25) is 5.91 Å². The van der Waals surface area contributed by atoms with Crippen LogP contribution in [0, 0.1) is 13.8 Å². The molecule has 0 atom stereocenters. The largest absolute Gasteiger partial charge is 0.355 e. The summed E-state index contributed by atoms with van der Waals surface area (Å²) < 4.78 is 1.85. The van der Waals surface area contributed by atoms with Crippen LogP contribution in [0.15, 0.2) is 53.8 Å². The number of carbonyl (C=O) groups excluding carboxylic acids is 1. The number of hydrogen-bond donors (Lipinski definition) is 1. The van der Waals surface area contributed by atoms with E-state index in [9.17, 15) is 4.79 Å². The van der Waals surface area contributed by atoms with Gasteiger partial charge >= 0.3 is 0 Å². The van der Waals surface area contributed by atoms with Crippen molar-refractivity contribution in [1.29, 1.82) is 0 Å². The van der Waals surface area contributed by atoms with Gasteiger partial charge in [-0.25, -0.2) is 9.67 Å². The third-order valence-corrected chi connectivity index (χ3v) is 5.04. The summed E-state index contributed by atoms with van der Waals surface area (Å²) in [5, 5.41) is 7.56. The Morgan fingerprint density at radius 2 is 1.96 bits per heavy atom. The third kappa shape index (κ3) is 4.49. The molecule has 134 valence electrons. The van der Waals surface area contributed by atoms with E-state index < -0.39 is 0 Å².